The molecule has 11 nitrogen and oxygen atoms in total. The second-order valence-corrected chi connectivity index (χ2v) is 6.39. The molecule has 0 heterocycles. The summed E-state index contributed by atoms with van der Waals surface area (Å²) in [4.78, 5) is 50.7. The normalized spacial score (nSPS) is 10.6. The molecule has 0 aromatic heterocycles. The Bertz CT molecular complexity index is 1070. The molecule has 0 aliphatic carbocycles. The van der Waals surface area contributed by atoms with Crippen LogP contribution in [0.5, 0.6) is 11.5 Å². The maximum absolute atomic E-state index is 12.8. The number of anilines is 1. The van der Waals surface area contributed by atoms with Crippen LogP contribution in [-0.2, 0) is 14.3 Å². The van der Waals surface area contributed by atoms with Gasteiger partial charge >= 0.3 is 12.2 Å². The largest absolute Gasteiger partial charge is 0.457 e. The lowest BCUT2D eigenvalue weighted by molar-refractivity contribution is -0.114. The first-order valence-corrected chi connectivity index (χ1v) is 9.27. The third-order valence-electron chi connectivity index (χ3n) is 3.59. The van der Waals surface area contributed by atoms with Crippen molar-refractivity contribution >= 4 is 47.2 Å². The molecule has 4 amide bonds. The molecule has 3 N–H and O–H groups in total. The van der Waals surface area contributed by atoms with Gasteiger partial charge in [0.05, 0.1) is 25.5 Å². The number of hydrogen-bond acceptors (Lipinski definition) is 7. The van der Waals surface area contributed by atoms with E-state index in [9.17, 15) is 19.2 Å². The number of carbonyl (C=O) groups excluding carboxylic acids is 4. The molecular formula is C20H19ClN4O7. The van der Waals surface area contributed by atoms with E-state index < -0.39 is 30.0 Å². The van der Waals surface area contributed by atoms with Crippen molar-refractivity contribution in [2.75, 3.05) is 19.5 Å². The zero-order valence-corrected chi connectivity index (χ0v) is 18.0. The number of hydrogen-bond donors (Lipinski definition) is 3. The van der Waals surface area contributed by atoms with E-state index in [1.807, 2.05) is 0 Å². The van der Waals surface area contributed by atoms with Crippen LogP contribution in [0.1, 0.15) is 17.3 Å². The van der Waals surface area contributed by atoms with E-state index in [1.165, 1.54) is 25.1 Å². The lowest BCUT2D eigenvalue weighted by Crippen LogP contribution is -2.44. The smallest absolute Gasteiger partial charge is 0.436 e. The van der Waals surface area contributed by atoms with Crippen molar-refractivity contribution < 1.29 is 33.4 Å². The molecule has 0 fully saturated rings. The van der Waals surface area contributed by atoms with Gasteiger partial charge in [-0.25, -0.2) is 9.59 Å². The summed E-state index contributed by atoms with van der Waals surface area (Å²) in [5.41, 5.74) is 0.0906. The van der Waals surface area contributed by atoms with Gasteiger partial charge in [0.15, 0.2) is 0 Å². The molecule has 2 aromatic carbocycles. The Kier molecular flexibility index (Phi) is 8.54. The van der Waals surface area contributed by atoms with Crippen molar-refractivity contribution in [3.05, 3.63) is 53.1 Å². The fourth-order valence-electron chi connectivity index (χ4n) is 2.29. The van der Waals surface area contributed by atoms with Gasteiger partial charge in [-0.1, -0.05) is 17.7 Å². The Labute approximate surface area is 187 Å². The minimum atomic E-state index is -1.08. The van der Waals surface area contributed by atoms with Gasteiger partial charge in [0.2, 0.25) is 11.9 Å². The Hall–Kier alpha value is -4.12. The monoisotopic (exact) mass is 462 g/mol. The molecule has 0 unspecified atom stereocenters. The topological polar surface area (TPSA) is 144 Å². The summed E-state index contributed by atoms with van der Waals surface area (Å²) in [7, 11) is 2.15. The van der Waals surface area contributed by atoms with E-state index in [0.717, 1.165) is 14.2 Å². The van der Waals surface area contributed by atoms with Crippen LogP contribution in [0.4, 0.5) is 15.3 Å². The predicted molar refractivity (Wildman–Crippen MR) is 115 cm³/mol. The van der Waals surface area contributed by atoms with Gasteiger partial charge in [0, 0.05) is 18.0 Å². The van der Waals surface area contributed by atoms with Gasteiger partial charge in [-0.3, -0.25) is 20.2 Å². The molecule has 0 saturated heterocycles. The number of nitrogens with one attached hydrogen (secondary N) is 3. The molecule has 0 saturated carbocycles. The molecule has 32 heavy (non-hydrogen) atoms. The number of guanidine groups is 1. The van der Waals surface area contributed by atoms with Crippen LogP contribution in [0.3, 0.4) is 0 Å². The zero-order chi connectivity index (χ0) is 23.7. The summed E-state index contributed by atoms with van der Waals surface area (Å²) in [6.45, 7) is 1.26. The first-order valence-electron chi connectivity index (χ1n) is 8.90. The molecular weight excluding hydrogens is 444 g/mol. The van der Waals surface area contributed by atoms with E-state index >= 15 is 0 Å². The molecule has 168 valence electrons. The number of methoxy groups -OCH3 is 2. The highest BCUT2D eigenvalue weighted by atomic mass is 35.5. The first-order chi connectivity index (χ1) is 15.2. The van der Waals surface area contributed by atoms with Crippen molar-refractivity contribution in [2.24, 2.45) is 4.99 Å². The lowest BCUT2D eigenvalue weighted by atomic mass is 10.1. The summed E-state index contributed by atoms with van der Waals surface area (Å²) in [5.74, 6) is -1.04. The molecule has 0 radical (unpaired) electrons. The predicted octanol–water partition coefficient (Wildman–Crippen LogP) is 3.30. The van der Waals surface area contributed by atoms with Crippen LogP contribution in [0.2, 0.25) is 5.02 Å². The Morgan fingerprint density at radius 3 is 2.28 bits per heavy atom. The average molecular weight is 463 g/mol. The van der Waals surface area contributed by atoms with Crippen molar-refractivity contribution in [1.82, 2.24) is 10.6 Å². The van der Waals surface area contributed by atoms with Crippen LogP contribution >= 0.6 is 11.6 Å². The number of benzene rings is 2. The highest BCUT2D eigenvalue weighted by molar-refractivity contribution is 6.30. The van der Waals surface area contributed by atoms with Crippen molar-refractivity contribution in [3.8, 4) is 11.5 Å². The number of ether oxygens (including phenoxy) is 3. The number of rotatable bonds is 4. The van der Waals surface area contributed by atoms with E-state index in [0.29, 0.717) is 16.5 Å². The number of carbonyl (C=O) groups is 4. The van der Waals surface area contributed by atoms with Crippen molar-refractivity contribution in [1.29, 1.82) is 0 Å². The van der Waals surface area contributed by atoms with Crippen molar-refractivity contribution in [2.45, 2.75) is 6.92 Å². The summed E-state index contributed by atoms with van der Waals surface area (Å²) in [5, 5.41) is 7.30. The van der Waals surface area contributed by atoms with Gasteiger partial charge in [-0.15, -0.1) is 4.99 Å². The first kappa shape index (κ1) is 24.2. The molecule has 0 bridgehead atoms. The maximum atomic E-state index is 12.8. The fraction of sp³-hybridized carbons (Fsp3) is 0.150. The summed E-state index contributed by atoms with van der Waals surface area (Å²) < 4.78 is 14.5. The van der Waals surface area contributed by atoms with E-state index in [2.05, 4.69) is 30.4 Å². The second-order valence-electron chi connectivity index (χ2n) is 5.95. The highest BCUT2D eigenvalue weighted by Gasteiger charge is 2.18. The molecule has 2 aromatic rings. The van der Waals surface area contributed by atoms with E-state index in [4.69, 9.17) is 16.3 Å². The van der Waals surface area contributed by atoms with Gasteiger partial charge in [-0.2, -0.15) is 0 Å². The van der Waals surface area contributed by atoms with E-state index in [1.54, 1.807) is 24.3 Å². The third-order valence-corrected chi connectivity index (χ3v) is 3.83. The number of nitrogens with zero attached hydrogens (tertiary/aromatic N) is 1. The number of alkyl carbamates (subject to hydrolysis) is 1. The standard InChI is InChI=1S/C20H19ClN4O7/c1-11(26)22-16-10-14(32-13-6-4-5-12(21)9-13)7-8-15(16)17(27)23-18(24-19(28)30-2)25-20(29)31-3/h4-10H,1-3H3,(H,22,26)(H2,23,24,25,27,28,29). The summed E-state index contributed by atoms with van der Waals surface area (Å²) in [6, 6.07) is 10.9. The average Bonchev–Trinajstić information content (AvgIpc) is 2.73. The molecule has 0 spiro atoms. The number of aliphatic imine (C=N–C) groups is 1. The third kappa shape index (κ3) is 7.29. The SMILES string of the molecule is COC(=O)N=C(NC(=O)OC)NC(=O)c1ccc(Oc2cccc(Cl)c2)cc1NC(C)=O. The summed E-state index contributed by atoms with van der Waals surface area (Å²) in [6.07, 6.45) is -2.07. The van der Waals surface area contributed by atoms with Gasteiger partial charge < -0.3 is 19.5 Å². The maximum Gasteiger partial charge on any atom is 0.436 e. The van der Waals surface area contributed by atoms with Gasteiger partial charge in [0.25, 0.3) is 5.91 Å². The fourth-order valence-corrected chi connectivity index (χ4v) is 2.47. The van der Waals surface area contributed by atoms with Gasteiger partial charge in [-0.05, 0) is 30.3 Å². The molecule has 0 aliphatic heterocycles. The summed E-state index contributed by atoms with van der Waals surface area (Å²) >= 11 is 5.95. The highest BCUT2D eigenvalue weighted by Crippen LogP contribution is 2.28. The van der Waals surface area contributed by atoms with Gasteiger partial charge in [0.1, 0.15) is 11.5 Å². The van der Waals surface area contributed by atoms with Crippen LogP contribution in [-0.4, -0.2) is 44.2 Å². The van der Waals surface area contributed by atoms with Crippen LogP contribution in [0.25, 0.3) is 0 Å². The van der Waals surface area contributed by atoms with Crippen molar-refractivity contribution in [3.63, 3.8) is 0 Å². The quantitative estimate of drug-likeness (QED) is 0.467. The molecule has 0 aliphatic rings. The zero-order valence-electron chi connectivity index (χ0n) is 17.2. The minimum absolute atomic E-state index is 0.0112. The van der Waals surface area contributed by atoms with Crippen LogP contribution in [0, 0.1) is 0 Å². The Morgan fingerprint density at radius 1 is 0.938 bits per heavy atom. The molecule has 0 atom stereocenters. The Balaban J connectivity index is 2.33. The second kappa shape index (κ2) is 11.3. The Morgan fingerprint density at radius 2 is 1.66 bits per heavy atom. The lowest BCUT2D eigenvalue weighted by Gasteiger charge is -2.14. The number of amides is 4. The minimum Gasteiger partial charge on any atom is -0.457 e. The number of halogens is 1. The molecule has 12 heteroatoms. The molecule has 2 rings (SSSR count). The van der Waals surface area contributed by atoms with E-state index in [-0.39, 0.29) is 11.3 Å². The van der Waals surface area contributed by atoms with Crippen LogP contribution in [0.15, 0.2) is 47.5 Å². The van der Waals surface area contributed by atoms with Crippen LogP contribution < -0.4 is 20.7 Å².